The second-order valence-corrected chi connectivity index (χ2v) is 10.5. The van der Waals surface area contributed by atoms with Gasteiger partial charge in [0.05, 0.1) is 16.5 Å². The number of thioether (sulfide) groups is 1. The Morgan fingerprint density at radius 3 is 2.40 bits per heavy atom. The van der Waals surface area contributed by atoms with Crippen molar-refractivity contribution in [3.63, 3.8) is 0 Å². The lowest BCUT2D eigenvalue weighted by Gasteiger charge is -2.32. The number of hydrogen-bond donors (Lipinski definition) is 1. The first-order valence-corrected chi connectivity index (χ1v) is 12.5. The minimum absolute atomic E-state index is 0.0136. The van der Waals surface area contributed by atoms with Crippen LogP contribution in [0.5, 0.6) is 0 Å². The monoisotopic (exact) mass is 487 g/mol. The van der Waals surface area contributed by atoms with Gasteiger partial charge in [-0.2, -0.15) is 4.31 Å². The number of halogens is 2. The molecule has 2 aromatic rings. The van der Waals surface area contributed by atoms with Crippen molar-refractivity contribution in [2.24, 2.45) is 4.99 Å². The van der Waals surface area contributed by atoms with Crippen molar-refractivity contribution in [3.8, 4) is 0 Å². The van der Waals surface area contributed by atoms with Crippen molar-refractivity contribution in [2.45, 2.75) is 24.5 Å². The van der Waals surface area contributed by atoms with Crippen LogP contribution in [0.3, 0.4) is 0 Å². The third kappa shape index (κ3) is 4.35. The van der Waals surface area contributed by atoms with E-state index in [-0.39, 0.29) is 9.92 Å². The van der Waals surface area contributed by atoms with E-state index in [1.165, 1.54) is 28.2 Å². The van der Waals surface area contributed by atoms with E-state index in [0.29, 0.717) is 40.3 Å². The number of nitrogens with zero attached hydrogens (tertiary/aromatic N) is 3. The van der Waals surface area contributed by atoms with E-state index in [1.807, 2.05) is 0 Å². The molecule has 162 valence electrons. The molecule has 1 heterocycles. The lowest BCUT2D eigenvalue weighted by molar-refractivity contribution is -0.0349. The van der Waals surface area contributed by atoms with Gasteiger partial charge in [-0.1, -0.05) is 54.9 Å². The summed E-state index contributed by atoms with van der Waals surface area (Å²) < 4.78 is 27.4. The number of sulfonamides is 1. The van der Waals surface area contributed by atoms with E-state index in [1.54, 1.807) is 56.1 Å². The molecule has 0 aromatic heterocycles. The molecule has 1 aliphatic rings. The zero-order valence-corrected chi connectivity index (χ0v) is 20.0. The maximum Gasteiger partial charge on any atom is 0.244 e. The second kappa shape index (κ2) is 9.06. The number of rotatable bonds is 6. The first-order valence-electron chi connectivity index (χ1n) is 9.37. The van der Waals surface area contributed by atoms with Crippen LogP contribution in [0.4, 0.5) is 5.69 Å². The summed E-state index contributed by atoms with van der Waals surface area (Å²) in [7, 11) is -2.05. The molecule has 6 nitrogen and oxygen atoms in total. The van der Waals surface area contributed by atoms with Crippen molar-refractivity contribution in [1.29, 1.82) is 0 Å². The van der Waals surface area contributed by atoms with Gasteiger partial charge in [0.15, 0.2) is 10.9 Å². The van der Waals surface area contributed by atoms with Crippen molar-refractivity contribution >= 4 is 55.8 Å². The maximum atomic E-state index is 13.0. The summed E-state index contributed by atoms with van der Waals surface area (Å²) in [4.78, 5) is 6.21. The predicted octanol–water partition coefficient (Wildman–Crippen LogP) is 4.54. The minimum atomic E-state index is -3.77. The highest BCUT2D eigenvalue weighted by Gasteiger charge is 2.43. The Morgan fingerprint density at radius 2 is 1.80 bits per heavy atom. The molecule has 1 N–H and O–H groups in total. The first-order chi connectivity index (χ1) is 14.1. The van der Waals surface area contributed by atoms with Crippen LogP contribution in [-0.2, 0) is 15.7 Å². The number of benzene rings is 2. The Hall–Kier alpha value is -1.29. The average molecular weight is 488 g/mol. The Labute approximate surface area is 191 Å². The van der Waals surface area contributed by atoms with Crippen LogP contribution in [-0.4, -0.2) is 53.8 Å². The van der Waals surface area contributed by atoms with E-state index < -0.39 is 15.7 Å². The molecule has 0 saturated carbocycles. The fourth-order valence-electron chi connectivity index (χ4n) is 3.18. The van der Waals surface area contributed by atoms with Gasteiger partial charge in [0.1, 0.15) is 4.90 Å². The Kier molecular flexibility index (Phi) is 7.06. The molecule has 1 unspecified atom stereocenters. The topological polar surface area (TPSA) is 73.2 Å². The highest BCUT2D eigenvalue weighted by Crippen LogP contribution is 2.40. The number of aliphatic imine (C=N–C) groups is 1. The largest absolute Gasteiger partial charge is 0.366 e. The highest BCUT2D eigenvalue weighted by molar-refractivity contribution is 8.14. The maximum absolute atomic E-state index is 13.0. The van der Waals surface area contributed by atoms with Gasteiger partial charge >= 0.3 is 0 Å². The minimum Gasteiger partial charge on any atom is -0.366 e. The zero-order chi connectivity index (χ0) is 22.1. The van der Waals surface area contributed by atoms with E-state index in [9.17, 15) is 13.5 Å². The SMILES string of the molecule is CCN(CC)S(=O)(=O)c1cc(C2(O)CSC(=Nc3ccc(Cl)cc3)N2C)ccc1Cl. The molecular weight excluding hydrogens is 465 g/mol. The van der Waals surface area contributed by atoms with Gasteiger partial charge in [0.25, 0.3) is 0 Å². The lowest BCUT2D eigenvalue weighted by atomic mass is 10.0. The molecule has 0 bridgehead atoms. The lowest BCUT2D eigenvalue weighted by Crippen LogP contribution is -2.42. The summed E-state index contributed by atoms with van der Waals surface area (Å²) in [5.41, 5.74) is -0.276. The van der Waals surface area contributed by atoms with Crippen LogP contribution >= 0.6 is 35.0 Å². The van der Waals surface area contributed by atoms with Gasteiger partial charge in [0, 0.05) is 30.7 Å². The predicted molar refractivity (Wildman–Crippen MR) is 124 cm³/mol. The van der Waals surface area contributed by atoms with Gasteiger partial charge in [0.2, 0.25) is 10.0 Å². The third-order valence-electron chi connectivity index (χ3n) is 5.01. The molecule has 2 aromatic carbocycles. The van der Waals surface area contributed by atoms with Crippen molar-refractivity contribution in [3.05, 3.63) is 58.1 Å². The molecule has 0 amide bonds. The molecule has 3 rings (SSSR count). The van der Waals surface area contributed by atoms with Crippen LogP contribution in [0, 0.1) is 0 Å². The Bertz CT molecular complexity index is 1060. The Balaban J connectivity index is 1.99. The van der Waals surface area contributed by atoms with Crippen molar-refractivity contribution in [2.75, 3.05) is 25.9 Å². The molecule has 1 fully saturated rings. The van der Waals surface area contributed by atoms with E-state index >= 15 is 0 Å². The van der Waals surface area contributed by atoms with E-state index in [0.717, 1.165) is 0 Å². The molecule has 0 aliphatic carbocycles. The van der Waals surface area contributed by atoms with Gasteiger partial charge in [-0.25, -0.2) is 13.4 Å². The van der Waals surface area contributed by atoms with E-state index in [2.05, 4.69) is 4.99 Å². The number of hydrogen-bond acceptors (Lipinski definition) is 5. The summed E-state index contributed by atoms with van der Waals surface area (Å²) in [6.45, 7) is 4.20. The summed E-state index contributed by atoms with van der Waals surface area (Å²) in [6.07, 6.45) is 0. The molecule has 10 heteroatoms. The number of amidine groups is 1. The molecule has 0 radical (unpaired) electrons. The second-order valence-electron chi connectivity index (χ2n) is 6.77. The smallest absolute Gasteiger partial charge is 0.244 e. The Morgan fingerprint density at radius 1 is 1.17 bits per heavy atom. The standard InChI is InChI=1S/C20H23Cl2N3O3S2/c1-4-25(5-2)30(27,28)18-12-14(6-11-17(18)22)20(26)13-29-19(24(20)3)23-16-9-7-15(21)8-10-16/h6-12,26H,4-5,13H2,1-3H3. The third-order valence-corrected chi connectivity index (χ3v) is 8.97. The molecular formula is C20H23Cl2N3O3S2. The molecule has 30 heavy (non-hydrogen) atoms. The molecule has 0 spiro atoms. The highest BCUT2D eigenvalue weighted by atomic mass is 35.5. The van der Waals surface area contributed by atoms with Crippen LogP contribution in [0.15, 0.2) is 52.4 Å². The normalized spacial score (nSPS) is 21.0. The van der Waals surface area contributed by atoms with Crippen LogP contribution in [0.25, 0.3) is 0 Å². The fourth-order valence-corrected chi connectivity index (χ4v) is 6.47. The molecule has 1 atom stereocenters. The molecule has 1 aliphatic heterocycles. The first kappa shape index (κ1) is 23.4. The van der Waals surface area contributed by atoms with Gasteiger partial charge in [-0.3, -0.25) is 0 Å². The van der Waals surface area contributed by atoms with E-state index in [4.69, 9.17) is 23.2 Å². The van der Waals surface area contributed by atoms with Crippen LogP contribution in [0.2, 0.25) is 10.0 Å². The fraction of sp³-hybridized carbons (Fsp3) is 0.350. The van der Waals surface area contributed by atoms with Gasteiger partial charge in [-0.05, 0) is 36.4 Å². The van der Waals surface area contributed by atoms with Gasteiger partial charge < -0.3 is 10.0 Å². The quantitative estimate of drug-likeness (QED) is 0.647. The van der Waals surface area contributed by atoms with Crippen molar-refractivity contribution in [1.82, 2.24) is 9.21 Å². The van der Waals surface area contributed by atoms with Crippen molar-refractivity contribution < 1.29 is 13.5 Å². The number of aliphatic hydroxyl groups is 1. The van der Waals surface area contributed by atoms with Crippen LogP contribution in [0.1, 0.15) is 19.4 Å². The zero-order valence-electron chi connectivity index (χ0n) is 16.8. The average Bonchev–Trinajstić information content (AvgIpc) is 3.00. The molecule has 1 saturated heterocycles. The summed E-state index contributed by atoms with van der Waals surface area (Å²) >= 11 is 13.5. The van der Waals surface area contributed by atoms with Gasteiger partial charge in [-0.15, -0.1) is 0 Å². The summed E-state index contributed by atoms with van der Waals surface area (Å²) in [5.74, 6) is 0.294. The van der Waals surface area contributed by atoms with Crippen LogP contribution < -0.4 is 0 Å². The summed E-state index contributed by atoms with van der Waals surface area (Å²) in [6, 6.07) is 11.7. The summed E-state index contributed by atoms with van der Waals surface area (Å²) in [5, 5.41) is 12.8.